The molecule has 60 heavy (non-hydrogen) atoms. The fraction of sp³-hybridized carbons (Fsp3) is 0.727. The smallest absolute Gasteiger partial charge is 0.264 e. The molecule has 0 saturated heterocycles. The van der Waals surface area contributed by atoms with Crippen LogP contribution in [-0.4, -0.2) is 92.8 Å². The van der Waals surface area contributed by atoms with Crippen LogP contribution < -0.4 is 9.47 Å². The summed E-state index contributed by atoms with van der Waals surface area (Å²) in [5.74, 6) is -0.202. The van der Waals surface area contributed by atoms with E-state index in [1.54, 1.807) is 13.8 Å². The molecule has 14 nitrogen and oxygen atoms in total. The minimum atomic E-state index is -3.33. The molecule has 1 aliphatic carbocycles. The number of aromatic hydroxyl groups is 2. The van der Waals surface area contributed by atoms with E-state index in [4.69, 9.17) is 27.3 Å². The van der Waals surface area contributed by atoms with Crippen LogP contribution in [0.2, 0.25) is 0 Å². The highest BCUT2D eigenvalue weighted by Gasteiger charge is 2.34. The number of allylic oxidation sites excluding steroid dienone is 2. The molecule has 0 radical (unpaired) electrons. The van der Waals surface area contributed by atoms with E-state index in [-0.39, 0.29) is 89.0 Å². The van der Waals surface area contributed by atoms with Crippen molar-refractivity contribution in [3.05, 3.63) is 33.8 Å². The number of unbranched alkanes of at least 4 members (excludes halogenated alkanes) is 14. The van der Waals surface area contributed by atoms with Gasteiger partial charge in [0.15, 0.2) is 11.5 Å². The van der Waals surface area contributed by atoms with Crippen LogP contribution in [0.25, 0.3) is 0 Å². The minimum absolute atomic E-state index is 0. The molecule has 0 amide bonds. The standard InChI is InChI=1S/C20H34O7S.C20H32O7S.4CH4/c2*1-15-16(18(22)20(26-3)19(25-2)17(15)21)13-11-9-7-5-6-8-10-12-14-27-28(4,23)24;;;;/h21-22H,5-14H2,1-4H3;5-14H2,1-4H3;4*1H4. The molecule has 0 atom stereocenters. The van der Waals surface area contributed by atoms with Crippen LogP contribution >= 0.6 is 0 Å². The summed E-state index contributed by atoms with van der Waals surface area (Å²) < 4.78 is 73.2. The van der Waals surface area contributed by atoms with E-state index in [9.17, 15) is 36.6 Å². The minimum Gasteiger partial charge on any atom is -0.504 e. The van der Waals surface area contributed by atoms with Crippen LogP contribution in [0, 0.1) is 6.92 Å². The monoisotopic (exact) mass is 899 g/mol. The second-order valence-electron chi connectivity index (χ2n) is 13.9. The quantitative estimate of drug-likeness (QED) is 0.0349. The van der Waals surface area contributed by atoms with Crippen molar-refractivity contribution in [3.63, 3.8) is 0 Å². The lowest BCUT2D eigenvalue weighted by Crippen LogP contribution is -2.25. The van der Waals surface area contributed by atoms with Crippen LogP contribution in [0.3, 0.4) is 0 Å². The van der Waals surface area contributed by atoms with Crippen molar-refractivity contribution in [2.24, 2.45) is 0 Å². The summed E-state index contributed by atoms with van der Waals surface area (Å²) in [6, 6.07) is 0. The van der Waals surface area contributed by atoms with Gasteiger partial charge in [-0.15, -0.1) is 0 Å². The van der Waals surface area contributed by atoms with Crippen molar-refractivity contribution >= 4 is 31.8 Å². The molecule has 0 aromatic heterocycles. The van der Waals surface area contributed by atoms with Crippen molar-refractivity contribution in [1.29, 1.82) is 0 Å². The Bertz CT molecular complexity index is 1680. The van der Waals surface area contributed by atoms with E-state index in [1.807, 2.05) is 0 Å². The Balaban J connectivity index is -0.000000490. The predicted octanol–water partition coefficient (Wildman–Crippen LogP) is 10.1. The third-order valence-electron chi connectivity index (χ3n) is 9.47. The van der Waals surface area contributed by atoms with E-state index in [0.717, 1.165) is 115 Å². The first-order chi connectivity index (χ1) is 26.4. The Hall–Kier alpha value is -3.34. The number of phenols is 2. The van der Waals surface area contributed by atoms with Crippen molar-refractivity contribution in [2.75, 3.05) is 54.2 Å². The van der Waals surface area contributed by atoms with Crippen LogP contribution in [0.5, 0.6) is 23.0 Å². The topological polar surface area (TPSA) is 198 Å². The zero-order valence-corrected chi connectivity index (χ0v) is 36.4. The highest BCUT2D eigenvalue weighted by Crippen LogP contribution is 2.48. The lowest BCUT2D eigenvalue weighted by atomic mass is 9.89. The summed E-state index contributed by atoms with van der Waals surface area (Å²) in [5.41, 5.74) is 2.28. The Morgan fingerprint density at radius 1 is 0.467 bits per heavy atom. The number of benzene rings is 1. The summed E-state index contributed by atoms with van der Waals surface area (Å²) in [7, 11) is -1.07. The number of hydrogen-bond donors (Lipinski definition) is 2. The second kappa shape index (κ2) is 33.3. The molecule has 0 unspecified atom stereocenters. The molecule has 0 saturated carbocycles. The summed E-state index contributed by atoms with van der Waals surface area (Å²) in [4.78, 5) is 24.8. The first kappa shape index (κ1) is 63.3. The molecule has 0 bridgehead atoms. The number of methoxy groups -OCH3 is 4. The maximum atomic E-state index is 12.5. The highest BCUT2D eigenvalue weighted by molar-refractivity contribution is 7.86. The second-order valence-corrected chi connectivity index (χ2v) is 17.2. The molecule has 0 heterocycles. The lowest BCUT2D eigenvalue weighted by Gasteiger charge is -2.20. The Morgan fingerprint density at radius 3 is 1.17 bits per heavy atom. The molecule has 2 N–H and O–H groups in total. The van der Waals surface area contributed by atoms with E-state index < -0.39 is 20.2 Å². The van der Waals surface area contributed by atoms with E-state index in [1.165, 1.54) is 28.4 Å². The molecule has 16 heteroatoms. The van der Waals surface area contributed by atoms with Gasteiger partial charge in [-0.3, -0.25) is 18.0 Å². The fourth-order valence-corrected chi connectivity index (χ4v) is 7.21. The number of phenolic OH excluding ortho intramolecular Hbond substituents is 2. The van der Waals surface area contributed by atoms with Gasteiger partial charge in [0.05, 0.1) is 54.2 Å². The SMILES string of the molecule is C.C.C.C.COC1=C(OC)C(=O)C(CCCCCCCCCCOS(C)(=O)=O)=C(C)C1=O.COc1c(O)c(C)c(CCCCCCCCCCOS(C)(=O)=O)c(O)c1OC. The van der Waals surface area contributed by atoms with Crippen LogP contribution in [0.1, 0.15) is 157 Å². The van der Waals surface area contributed by atoms with Gasteiger partial charge in [-0.2, -0.15) is 16.8 Å². The number of ether oxygens (including phenoxy) is 4. The molecule has 0 fully saturated rings. The zero-order chi connectivity index (χ0) is 42.3. The lowest BCUT2D eigenvalue weighted by molar-refractivity contribution is -0.121. The average Bonchev–Trinajstić information content (AvgIpc) is 3.13. The fourth-order valence-electron chi connectivity index (χ4n) is 6.37. The number of carbonyl (C=O) groups excluding carboxylic acids is 2. The van der Waals surface area contributed by atoms with Gasteiger partial charge in [-0.1, -0.05) is 107 Å². The van der Waals surface area contributed by atoms with Crippen molar-refractivity contribution in [3.8, 4) is 23.0 Å². The average molecular weight is 899 g/mol. The molecule has 1 aromatic carbocycles. The van der Waals surface area contributed by atoms with Gasteiger partial charge in [0.2, 0.25) is 34.6 Å². The maximum Gasteiger partial charge on any atom is 0.264 e. The molecule has 1 aromatic rings. The molecule has 2 rings (SSSR count). The van der Waals surface area contributed by atoms with Gasteiger partial charge < -0.3 is 29.2 Å². The van der Waals surface area contributed by atoms with Gasteiger partial charge in [0, 0.05) is 22.3 Å². The number of hydrogen-bond acceptors (Lipinski definition) is 14. The molecule has 354 valence electrons. The van der Waals surface area contributed by atoms with Gasteiger partial charge >= 0.3 is 0 Å². The number of ketones is 2. The van der Waals surface area contributed by atoms with Gasteiger partial charge in [0.25, 0.3) is 20.2 Å². The predicted molar refractivity (Wildman–Crippen MR) is 242 cm³/mol. The summed E-state index contributed by atoms with van der Waals surface area (Å²) in [6.07, 6.45) is 19.2. The third-order valence-corrected chi connectivity index (χ3v) is 10.7. The van der Waals surface area contributed by atoms with Crippen molar-refractivity contribution < 1.29 is 64.0 Å². The van der Waals surface area contributed by atoms with Gasteiger partial charge in [-0.25, -0.2) is 0 Å². The highest BCUT2D eigenvalue weighted by atomic mass is 32.2. The first-order valence-corrected chi connectivity index (χ1v) is 23.0. The van der Waals surface area contributed by atoms with Gasteiger partial charge in [0.1, 0.15) is 0 Å². The molecule has 0 aliphatic heterocycles. The van der Waals surface area contributed by atoms with E-state index >= 15 is 0 Å². The Kier molecular flexibility index (Phi) is 35.1. The summed E-state index contributed by atoms with van der Waals surface area (Å²) in [5, 5.41) is 20.7. The Morgan fingerprint density at radius 2 is 0.800 bits per heavy atom. The van der Waals surface area contributed by atoms with Crippen LogP contribution in [0.15, 0.2) is 22.7 Å². The van der Waals surface area contributed by atoms with E-state index in [0.29, 0.717) is 35.1 Å². The molecule has 1 aliphatic rings. The number of carbonyl (C=O) groups is 2. The summed E-state index contributed by atoms with van der Waals surface area (Å²) in [6.45, 7) is 3.94. The van der Waals surface area contributed by atoms with Crippen LogP contribution in [-0.2, 0) is 54.1 Å². The van der Waals surface area contributed by atoms with Crippen molar-refractivity contribution in [1.82, 2.24) is 0 Å². The first-order valence-electron chi connectivity index (χ1n) is 19.4. The number of rotatable bonds is 28. The summed E-state index contributed by atoms with van der Waals surface area (Å²) >= 11 is 0. The number of Topliss-reactive ketones (excluding diaryl/α,β-unsaturated/α-hetero) is 2. The van der Waals surface area contributed by atoms with E-state index in [2.05, 4.69) is 0 Å². The molecular weight excluding hydrogens is 817 g/mol. The Labute approximate surface area is 364 Å². The maximum absolute atomic E-state index is 12.5. The normalized spacial score (nSPS) is 12.6. The van der Waals surface area contributed by atoms with Crippen LogP contribution in [0.4, 0.5) is 0 Å². The largest absolute Gasteiger partial charge is 0.504 e. The third kappa shape index (κ3) is 23.0. The van der Waals surface area contributed by atoms with Gasteiger partial charge in [-0.05, 0) is 52.4 Å². The van der Waals surface area contributed by atoms with Crippen molar-refractivity contribution in [2.45, 2.75) is 159 Å². The zero-order valence-electron chi connectivity index (χ0n) is 34.8. The molecular formula is C44H82O14S2. The molecule has 0 spiro atoms.